The molecule has 2 heterocycles. The predicted molar refractivity (Wildman–Crippen MR) is 58.1 cm³/mol. The van der Waals surface area contributed by atoms with Crippen LogP contribution in [0.15, 0.2) is 18.3 Å². The molecule has 80 valence electrons. The van der Waals surface area contributed by atoms with Crippen LogP contribution in [0.1, 0.15) is 25.5 Å². The summed E-state index contributed by atoms with van der Waals surface area (Å²) < 4.78 is 0. The number of rotatable bonds is 2. The van der Waals surface area contributed by atoms with Gasteiger partial charge in [-0.2, -0.15) is 5.10 Å². The van der Waals surface area contributed by atoms with Crippen molar-refractivity contribution in [3.63, 3.8) is 0 Å². The molecule has 1 amide bonds. The van der Waals surface area contributed by atoms with E-state index in [-0.39, 0.29) is 5.91 Å². The molecule has 1 aliphatic heterocycles. The van der Waals surface area contributed by atoms with E-state index in [1.165, 1.54) is 0 Å². The summed E-state index contributed by atoms with van der Waals surface area (Å²) in [7, 11) is 0. The second-order valence-electron chi connectivity index (χ2n) is 3.83. The molecule has 1 fully saturated rings. The normalized spacial score (nSPS) is 17.1. The lowest BCUT2D eigenvalue weighted by atomic mass is 10.2. The number of hydrogen-bond acceptors (Lipinski definition) is 2. The molecule has 1 saturated heterocycles. The van der Waals surface area contributed by atoms with Crippen molar-refractivity contribution in [3.8, 4) is 0 Å². The highest BCUT2D eigenvalue weighted by Gasteiger charge is 2.16. The number of carbonyl (C=O) groups excluding carboxylic acids is 1. The van der Waals surface area contributed by atoms with Crippen molar-refractivity contribution in [2.45, 2.75) is 19.8 Å². The molecule has 1 aromatic heterocycles. The fraction of sp³-hybridized carbons (Fsp3) is 0.455. The van der Waals surface area contributed by atoms with Gasteiger partial charge in [0.25, 0.3) is 0 Å². The maximum absolute atomic E-state index is 11.8. The van der Waals surface area contributed by atoms with Gasteiger partial charge < -0.3 is 4.90 Å². The summed E-state index contributed by atoms with van der Waals surface area (Å²) in [6.07, 6.45) is 5.62. The molecule has 0 radical (unpaired) electrons. The number of H-pyrrole nitrogens is 1. The van der Waals surface area contributed by atoms with Gasteiger partial charge in [-0.25, -0.2) is 0 Å². The summed E-state index contributed by atoms with van der Waals surface area (Å²) >= 11 is 0. The third kappa shape index (κ3) is 2.26. The average molecular weight is 205 g/mol. The zero-order chi connectivity index (χ0) is 10.7. The Morgan fingerprint density at radius 1 is 1.53 bits per heavy atom. The average Bonchev–Trinajstić information content (AvgIpc) is 2.91. The molecule has 0 aromatic carbocycles. The van der Waals surface area contributed by atoms with Crippen LogP contribution in [0.2, 0.25) is 0 Å². The van der Waals surface area contributed by atoms with Gasteiger partial charge in [-0.1, -0.05) is 0 Å². The molecule has 1 aliphatic rings. The van der Waals surface area contributed by atoms with Crippen molar-refractivity contribution < 1.29 is 4.79 Å². The zero-order valence-corrected chi connectivity index (χ0v) is 8.86. The van der Waals surface area contributed by atoms with E-state index in [9.17, 15) is 4.79 Å². The number of carbonyl (C=O) groups is 1. The second-order valence-corrected chi connectivity index (χ2v) is 3.83. The van der Waals surface area contributed by atoms with Crippen LogP contribution in [0.3, 0.4) is 0 Å². The maximum atomic E-state index is 11.8. The summed E-state index contributed by atoms with van der Waals surface area (Å²) in [6.45, 7) is 3.71. The van der Waals surface area contributed by atoms with Gasteiger partial charge in [0.05, 0.1) is 5.69 Å². The Bertz CT molecular complexity index is 361. The first-order valence-electron chi connectivity index (χ1n) is 5.24. The molecule has 0 saturated carbocycles. The van der Waals surface area contributed by atoms with Gasteiger partial charge in [0.2, 0.25) is 5.91 Å². The Morgan fingerprint density at radius 2 is 2.27 bits per heavy atom. The Hall–Kier alpha value is -1.58. The molecule has 0 aliphatic carbocycles. The largest absolute Gasteiger partial charge is 0.339 e. The minimum absolute atomic E-state index is 0.111. The molecule has 15 heavy (non-hydrogen) atoms. The number of aromatic amines is 1. The van der Waals surface area contributed by atoms with Gasteiger partial charge in [0, 0.05) is 25.4 Å². The smallest absolute Gasteiger partial charge is 0.246 e. The van der Waals surface area contributed by atoms with Gasteiger partial charge in [-0.05, 0) is 31.4 Å². The van der Waals surface area contributed by atoms with E-state index >= 15 is 0 Å². The summed E-state index contributed by atoms with van der Waals surface area (Å²) in [5.41, 5.74) is 1.84. The molecule has 2 rings (SSSR count). The molecule has 1 N–H and O–H groups in total. The quantitative estimate of drug-likeness (QED) is 0.742. The van der Waals surface area contributed by atoms with E-state index in [0.29, 0.717) is 0 Å². The second kappa shape index (κ2) is 4.29. The van der Waals surface area contributed by atoms with Gasteiger partial charge in [0.1, 0.15) is 0 Å². The third-order valence-electron chi connectivity index (χ3n) is 2.68. The van der Waals surface area contributed by atoms with Crippen molar-refractivity contribution in [1.82, 2.24) is 15.1 Å². The number of aromatic nitrogens is 2. The van der Waals surface area contributed by atoms with E-state index in [2.05, 4.69) is 10.2 Å². The number of hydrogen-bond donors (Lipinski definition) is 1. The third-order valence-corrected chi connectivity index (χ3v) is 2.68. The van der Waals surface area contributed by atoms with Crippen LogP contribution in [0.4, 0.5) is 0 Å². The highest BCUT2D eigenvalue weighted by Crippen LogP contribution is 2.13. The van der Waals surface area contributed by atoms with Crippen LogP contribution in [-0.4, -0.2) is 34.1 Å². The molecule has 0 unspecified atom stereocenters. The van der Waals surface area contributed by atoms with E-state index in [4.69, 9.17) is 0 Å². The van der Waals surface area contributed by atoms with Crippen LogP contribution >= 0.6 is 0 Å². The first-order chi connectivity index (χ1) is 7.27. The Balaban J connectivity index is 2.06. The highest BCUT2D eigenvalue weighted by atomic mass is 16.2. The Labute approximate surface area is 89.0 Å². The standard InChI is InChI=1S/C11H15N3O/c1-9(10-4-5-12-13-10)8-11(15)14-6-2-3-7-14/h4-5,8H,2-3,6-7H2,1H3,(H,12,13)/b9-8+. The zero-order valence-electron chi connectivity index (χ0n) is 8.86. The maximum Gasteiger partial charge on any atom is 0.246 e. The fourth-order valence-corrected chi connectivity index (χ4v) is 1.77. The van der Waals surface area contributed by atoms with Crippen molar-refractivity contribution >= 4 is 11.5 Å². The van der Waals surface area contributed by atoms with Crippen molar-refractivity contribution in [2.24, 2.45) is 0 Å². The van der Waals surface area contributed by atoms with E-state index in [1.54, 1.807) is 12.3 Å². The van der Waals surface area contributed by atoms with Crippen molar-refractivity contribution in [2.75, 3.05) is 13.1 Å². The lowest BCUT2D eigenvalue weighted by Gasteiger charge is -2.12. The molecule has 0 bridgehead atoms. The lowest BCUT2D eigenvalue weighted by molar-refractivity contribution is -0.124. The number of likely N-dealkylation sites (tertiary alicyclic amines) is 1. The minimum Gasteiger partial charge on any atom is -0.339 e. The predicted octanol–water partition coefficient (Wildman–Crippen LogP) is 1.44. The lowest BCUT2D eigenvalue weighted by Crippen LogP contribution is -2.25. The van der Waals surface area contributed by atoms with Crippen LogP contribution in [0.25, 0.3) is 5.57 Å². The summed E-state index contributed by atoms with van der Waals surface area (Å²) in [4.78, 5) is 13.7. The topological polar surface area (TPSA) is 49.0 Å². The van der Waals surface area contributed by atoms with Crippen LogP contribution in [0.5, 0.6) is 0 Å². The molecule has 0 atom stereocenters. The summed E-state index contributed by atoms with van der Waals surface area (Å²) in [5, 5.41) is 6.70. The molecular formula is C11H15N3O. The highest BCUT2D eigenvalue weighted by molar-refractivity contribution is 5.94. The summed E-state index contributed by atoms with van der Waals surface area (Å²) in [5.74, 6) is 0.111. The molecule has 4 heteroatoms. The SMILES string of the molecule is C/C(=C\C(=O)N1CCCC1)c1ccn[nH]1. The number of nitrogens with one attached hydrogen (secondary N) is 1. The molecule has 4 nitrogen and oxygen atoms in total. The Kier molecular flexibility index (Phi) is 2.85. The van der Waals surface area contributed by atoms with E-state index < -0.39 is 0 Å². The first kappa shape index (κ1) is 9.96. The van der Waals surface area contributed by atoms with E-state index in [0.717, 1.165) is 37.2 Å². The summed E-state index contributed by atoms with van der Waals surface area (Å²) in [6, 6.07) is 1.86. The molecule has 0 spiro atoms. The van der Waals surface area contributed by atoms with Gasteiger partial charge >= 0.3 is 0 Å². The Morgan fingerprint density at radius 3 is 2.87 bits per heavy atom. The first-order valence-corrected chi connectivity index (χ1v) is 5.24. The van der Waals surface area contributed by atoms with Gasteiger partial charge in [-0.15, -0.1) is 0 Å². The van der Waals surface area contributed by atoms with Crippen LogP contribution in [0, 0.1) is 0 Å². The molecular weight excluding hydrogens is 190 g/mol. The van der Waals surface area contributed by atoms with Crippen LogP contribution in [-0.2, 0) is 4.79 Å². The number of amides is 1. The van der Waals surface area contributed by atoms with Crippen molar-refractivity contribution in [1.29, 1.82) is 0 Å². The van der Waals surface area contributed by atoms with Gasteiger partial charge in [0.15, 0.2) is 0 Å². The monoisotopic (exact) mass is 205 g/mol. The number of allylic oxidation sites excluding steroid dienone is 1. The van der Waals surface area contributed by atoms with Crippen LogP contribution < -0.4 is 0 Å². The molecule has 1 aromatic rings. The van der Waals surface area contributed by atoms with Crippen molar-refractivity contribution in [3.05, 3.63) is 24.0 Å². The fourth-order valence-electron chi connectivity index (χ4n) is 1.77. The minimum atomic E-state index is 0.111. The van der Waals surface area contributed by atoms with E-state index in [1.807, 2.05) is 17.9 Å². The van der Waals surface area contributed by atoms with Gasteiger partial charge in [-0.3, -0.25) is 9.89 Å². The number of nitrogens with zero attached hydrogens (tertiary/aromatic N) is 2.